The highest BCUT2D eigenvalue weighted by molar-refractivity contribution is 5.72. The van der Waals surface area contributed by atoms with Gasteiger partial charge in [-0.25, -0.2) is 0 Å². The number of hydrogen-bond donors (Lipinski definition) is 0. The fourth-order valence-corrected chi connectivity index (χ4v) is 3.02. The number of hydrogen-bond acceptors (Lipinski definition) is 4. The molecule has 1 aliphatic rings. The summed E-state index contributed by atoms with van der Waals surface area (Å²) in [7, 11) is 0. The van der Waals surface area contributed by atoms with Gasteiger partial charge in [0, 0.05) is 12.0 Å². The molecule has 0 saturated carbocycles. The standard InChI is InChI=1S/C20H25F3O4.ClH/c1-14-12-25-13-17(11-16-7-4-3-5-8-16)18(15(2)27-19(14)24)26-10-6-9-20(21,22)23;/h3-9,14-15,17-18H,10-13H2,1-2H3;1H/p-1/b9-6+;/t14-,15-,17-,18-;/m0./s1. The smallest absolute Gasteiger partial charge is 0.409 e. The van der Waals surface area contributed by atoms with Gasteiger partial charge in [-0.1, -0.05) is 36.4 Å². The van der Waals surface area contributed by atoms with Crippen molar-refractivity contribution in [3.05, 3.63) is 48.0 Å². The normalized spacial score (nSPS) is 26.7. The second-order valence-corrected chi connectivity index (χ2v) is 6.77. The van der Waals surface area contributed by atoms with Crippen LogP contribution < -0.4 is 12.4 Å². The van der Waals surface area contributed by atoms with Crippen molar-refractivity contribution in [1.29, 1.82) is 0 Å². The molecule has 0 aromatic heterocycles. The van der Waals surface area contributed by atoms with Gasteiger partial charge in [-0.05, 0) is 25.8 Å². The lowest BCUT2D eigenvalue weighted by atomic mass is 9.91. The molecule has 1 aliphatic heterocycles. The summed E-state index contributed by atoms with van der Waals surface area (Å²) >= 11 is 0. The van der Waals surface area contributed by atoms with Crippen molar-refractivity contribution in [2.45, 2.75) is 38.7 Å². The topological polar surface area (TPSA) is 44.8 Å². The number of halogens is 4. The Bertz CT molecular complexity index is 622. The molecule has 1 fully saturated rings. The Morgan fingerprint density at radius 3 is 2.50 bits per heavy atom. The molecule has 0 bridgehead atoms. The molecule has 4 nitrogen and oxygen atoms in total. The van der Waals surface area contributed by atoms with Crippen LogP contribution in [-0.2, 0) is 25.4 Å². The number of allylic oxidation sites excluding steroid dienone is 1. The maximum absolute atomic E-state index is 12.3. The molecule has 2 rings (SSSR count). The molecule has 0 amide bonds. The quantitative estimate of drug-likeness (QED) is 0.524. The average Bonchev–Trinajstić information content (AvgIpc) is 2.64. The van der Waals surface area contributed by atoms with Crippen molar-refractivity contribution in [3.63, 3.8) is 0 Å². The Balaban J connectivity index is 0.00000392. The Kier molecular flexibility index (Phi) is 9.99. The lowest BCUT2D eigenvalue weighted by Gasteiger charge is -2.30. The van der Waals surface area contributed by atoms with Gasteiger partial charge in [-0.2, -0.15) is 13.2 Å². The minimum absolute atomic E-state index is 0. The van der Waals surface area contributed by atoms with E-state index in [1.807, 2.05) is 30.3 Å². The maximum Gasteiger partial charge on any atom is 0.409 e. The van der Waals surface area contributed by atoms with Gasteiger partial charge in [0.1, 0.15) is 6.10 Å². The Hall–Kier alpha value is -1.57. The van der Waals surface area contributed by atoms with E-state index < -0.39 is 30.3 Å². The van der Waals surface area contributed by atoms with Gasteiger partial charge in [0.2, 0.25) is 0 Å². The van der Waals surface area contributed by atoms with Crippen LogP contribution in [0.3, 0.4) is 0 Å². The fourth-order valence-electron chi connectivity index (χ4n) is 3.02. The highest BCUT2D eigenvalue weighted by Gasteiger charge is 2.33. The molecule has 4 atom stereocenters. The van der Waals surface area contributed by atoms with Gasteiger partial charge in [0.25, 0.3) is 0 Å². The fraction of sp³-hybridized carbons (Fsp3) is 0.550. The van der Waals surface area contributed by atoms with Gasteiger partial charge in [-0.15, -0.1) is 0 Å². The number of carbonyl (C=O) groups excluding carboxylic acids is 1. The van der Waals surface area contributed by atoms with Gasteiger partial charge in [-0.3, -0.25) is 4.79 Å². The number of alkyl halides is 3. The van der Waals surface area contributed by atoms with Gasteiger partial charge in [0.05, 0.1) is 31.8 Å². The highest BCUT2D eigenvalue weighted by Crippen LogP contribution is 2.24. The van der Waals surface area contributed by atoms with Crippen LogP contribution in [0.15, 0.2) is 42.5 Å². The van der Waals surface area contributed by atoms with E-state index in [9.17, 15) is 18.0 Å². The molecule has 0 unspecified atom stereocenters. The Labute approximate surface area is 169 Å². The number of rotatable bonds is 5. The maximum atomic E-state index is 12.3. The third-order valence-electron chi connectivity index (χ3n) is 4.36. The summed E-state index contributed by atoms with van der Waals surface area (Å²) in [4.78, 5) is 12.1. The molecule has 0 aliphatic carbocycles. The number of benzene rings is 1. The molecule has 1 aromatic carbocycles. The zero-order chi connectivity index (χ0) is 19.9. The van der Waals surface area contributed by atoms with Crippen LogP contribution in [0.25, 0.3) is 0 Å². The van der Waals surface area contributed by atoms with E-state index in [4.69, 9.17) is 14.2 Å². The van der Waals surface area contributed by atoms with Crippen LogP contribution in [0, 0.1) is 11.8 Å². The van der Waals surface area contributed by atoms with E-state index in [-0.39, 0.29) is 37.6 Å². The van der Waals surface area contributed by atoms with Crippen molar-refractivity contribution in [2.75, 3.05) is 19.8 Å². The first-order valence-electron chi connectivity index (χ1n) is 8.94. The second kappa shape index (κ2) is 11.4. The Morgan fingerprint density at radius 1 is 1.18 bits per heavy atom. The molecule has 1 saturated heterocycles. The number of cyclic esters (lactones) is 1. The SMILES string of the molecule is C[C@@H]1OC(=O)[C@@H](C)COC[C@H](Cc2ccccc2)[C@H]1OC/C=C/C(F)(F)F.[Cl-]. The second-order valence-electron chi connectivity index (χ2n) is 6.77. The molecule has 28 heavy (non-hydrogen) atoms. The van der Waals surface area contributed by atoms with Gasteiger partial charge >= 0.3 is 12.1 Å². The third-order valence-corrected chi connectivity index (χ3v) is 4.36. The summed E-state index contributed by atoms with van der Waals surface area (Å²) in [5.41, 5.74) is 1.05. The number of esters is 1. The van der Waals surface area contributed by atoms with Crippen LogP contribution >= 0.6 is 0 Å². The van der Waals surface area contributed by atoms with E-state index in [1.54, 1.807) is 13.8 Å². The van der Waals surface area contributed by atoms with Crippen molar-refractivity contribution >= 4 is 5.97 Å². The van der Waals surface area contributed by atoms with Crippen molar-refractivity contribution in [3.8, 4) is 0 Å². The molecule has 1 aromatic rings. The molecule has 0 N–H and O–H groups in total. The first-order valence-corrected chi connectivity index (χ1v) is 8.94. The summed E-state index contributed by atoms with van der Waals surface area (Å²) in [5.74, 6) is -0.976. The van der Waals surface area contributed by atoms with Crippen LogP contribution in [0.4, 0.5) is 13.2 Å². The van der Waals surface area contributed by atoms with Gasteiger partial charge in [0.15, 0.2) is 0 Å². The van der Waals surface area contributed by atoms with E-state index >= 15 is 0 Å². The minimum Gasteiger partial charge on any atom is -1.00 e. The van der Waals surface area contributed by atoms with Gasteiger partial charge < -0.3 is 26.6 Å². The highest BCUT2D eigenvalue weighted by atomic mass is 35.5. The summed E-state index contributed by atoms with van der Waals surface area (Å²) < 4.78 is 53.8. The first-order chi connectivity index (χ1) is 12.8. The van der Waals surface area contributed by atoms with Crippen LogP contribution in [0.5, 0.6) is 0 Å². The van der Waals surface area contributed by atoms with Crippen molar-refractivity contribution < 1.29 is 44.6 Å². The van der Waals surface area contributed by atoms with Crippen molar-refractivity contribution in [2.24, 2.45) is 11.8 Å². The van der Waals surface area contributed by atoms with E-state index in [0.29, 0.717) is 13.0 Å². The van der Waals surface area contributed by atoms with E-state index in [2.05, 4.69) is 0 Å². The number of carbonyl (C=O) groups is 1. The molecule has 158 valence electrons. The molecular formula is C20H25ClF3O4-. The summed E-state index contributed by atoms with van der Waals surface area (Å²) in [5, 5.41) is 0. The number of ether oxygens (including phenoxy) is 3. The molecule has 0 spiro atoms. The zero-order valence-corrected chi connectivity index (χ0v) is 16.6. The van der Waals surface area contributed by atoms with Crippen LogP contribution in [-0.4, -0.2) is 44.2 Å². The monoisotopic (exact) mass is 421 g/mol. The lowest BCUT2D eigenvalue weighted by molar-refractivity contribution is -0.161. The summed E-state index contributed by atoms with van der Waals surface area (Å²) in [6, 6.07) is 9.67. The van der Waals surface area contributed by atoms with E-state index in [1.165, 1.54) is 0 Å². The zero-order valence-electron chi connectivity index (χ0n) is 15.8. The lowest BCUT2D eigenvalue weighted by Crippen LogP contribution is -3.00. The molecular weight excluding hydrogens is 397 g/mol. The summed E-state index contributed by atoms with van der Waals surface area (Å²) in [6.45, 7) is 3.75. The molecule has 1 heterocycles. The average molecular weight is 422 g/mol. The van der Waals surface area contributed by atoms with Crippen molar-refractivity contribution in [1.82, 2.24) is 0 Å². The Morgan fingerprint density at radius 2 is 1.86 bits per heavy atom. The van der Waals surface area contributed by atoms with E-state index in [0.717, 1.165) is 11.6 Å². The summed E-state index contributed by atoms with van der Waals surface area (Å²) in [6.07, 6.45) is -3.91. The predicted octanol–water partition coefficient (Wildman–Crippen LogP) is 0.951. The van der Waals surface area contributed by atoms with Crippen LogP contribution in [0.1, 0.15) is 19.4 Å². The predicted molar refractivity (Wildman–Crippen MR) is 94.1 cm³/mol. The third kappa shape index (κ3) is 8.20. The minimum atomic E-state index is -4.39. The molecule has 8 heteroatoms. The van der Waals surface area contributed by atoms with Crippen LogP contribution in [0.2, 0.25) is 0 Å². The first kappa shape index (κ1) is 24.5. The molecule has 0 radical (unpaired) electrons. The largest absolute Gasteiger partial charge is 1.00 e.